The van der Waals surface area contributed by atoms with Crippen molar-refractivity contribution in [3.63, 3.8) is 0 Å². The normalized spacial score (nSPS) is 15.1. The molecule has 3 nitrogen and oxygen atoms in total. The Morgan fingerprint density at radius 2 is 2.38 bits per heavy atom. The lowest BCUT2D eigenvalue weighted by Gasteiger charge is -2.21. The van der Waals surface area contributed by atoms with Crippen LogP contribution in [0.1, 0.15) is 35.0 Å². The fraction of sp³-hybridized carbons (Fsp3) is 0.583. The molecule has 1 aliphatic carbocycles. The summed E-state index contributed by atoms with van der Waals surface area (Å²) in [6.07, 6.45) is 3.05. The highest BCUT2D eigenvalue weighted by atomic mass is 32.1. The van der Waals surface area contributed by atoms with Crippen molar-refractivity contribution in [1.82, 2.24) is 4.90 Å². The fourth-order valence-corrected chi connectivity index (χ4v) is 2.83. The number of hydrogen-bond acceptors (Lipinski definition) is 3. The van der Waals surface area contributed by atoms with Crippen LogP contribution in [0.4, 0.5) is 0 Å². The molecule has 1 saturated carbocycles. The van der Waals surface area contributed by atoms with E-state index in [-0.39, 0.29) is 12.5 Å². The van der Waals surface area contributed by atoms with E-state index >= 15 is 0 Å². The molecule has 0 radical (unpaired) electrons. The molecule has 0 spiro atoms. The van der Waals surface area contributed by atoms with Gasteiger partial charge in [-0.15, -0.1) is 11.3 Å². The van der Waals surface area contributed by atoms with Crippen molar-refractivity contribution in [2.24, 2.45) is 0 Å². The molecule has 1 N–H and O–H groups in total. The molecule has 0 unspecified atom stereocenters. The van der Waals surface area contributed by atoms with Crippen LogP contribution < -0.4 is 0 Å². The predicted octanol–water partition coefficient (Wildman–Crippen LogP) is 1.91. The highest BCUT2D eigenvalue weighted by molar-refractivity contribution is 7.12. The number of carbonyl (C=O) groups excluding carboxylic acids is 1. The Kier molecular flexibility index (Phi) is 3.61. The first-order chi connectivity index (χ1) is 7.77. The standard InChI is InChI=1S/C12H17NO2S/c1-2-9-5-8-16-11(9)12(15)13(6-7-14)10-3-4-10/h5,8,10,14H,2-4,6-7H2,1H3. The molecule has 0 aliphatic heterocycles. The van der Waals surface area contributed by atoms with Gasteiger partial charge in [-0.3, -0.25) is 4.79 Å². The van der Waals surface area contributed by atoms with Gasteiger partial charge < -0.3 is 10.0 Å². The monoisotopic (exact) mass is 239 g/mol. The predicted molar refractivity (Wildman–Crippen MR) is 64.8 cm³/mol. The maximum atomic E-state index is 12.3. The molecule has 0 atom stereocenters. The smallest absolute Gasteiger partial charge is 0.264 e. The van der Waals surface area contributed by atoms with Crippen molar-refractivity contribution in [2.75, 3.05) is 13.2 Å². The molecule has 0 aromatic carbocycles. The van der Waals surface area contributed by atoms with Crippen LogP contribution >= 0.6 is 11.3 Å². The van der Waals surface area contributed by atoms with E-state index in [1.165, 1.54) is 11.3 Å². The summed E-state index contributed by atoms with van der Waals surface area (Å²) in [6, 6.07) is 2.38. The van der Waals surface area contributed by atoms with Gasteiger partial charge in [0.05, 0.1) is 11.5 Å². The number of aliphatic hydroxyl groups is 1. The van der Waals surface area contributed by atoms with Gasteiger partial charge >= 0.3 is 0 Å². The topological polar surface area (TPSA) is 40.5 Å². The van der Waals surface area contributed by atoms with Gasteiger partial charge in [0.15, 0.2) is 0 Å². The number of rotatable bonds is 5. The van der Waals surface area contributed by atoms with Crippen molar-refractivity contribution in [2.45, 2.75) is 32.2 Å². The van der Waals surface area contributed by atoms with Crippen molar-refractivity contribution < 1.29 is 9.90 Å². The third kappa shape index (κ3) is 2.28. The van der Waals surface area contributed by atoms with Gasteiger partial charge in [-0.1, -0.05) is 6.92 Å². The quantitative estimate of drug-likeness (QED) is 0.852. The van der Waals surface area contributed by atoms with Gasteiger partial charge in [0, 0.05) is 12.6 Å². The number of carbonyl (C=O) groups is 1. The van der Waals surface area contributed by atoms with E-state index in [1.54, 1.807) is 0 Å². The largest absolute Gasteiger partial charge is 0.395 e. The molecule has 4 heteroatoms. The zero-order valence-corrected chi connectivity index (χ0v) is 10.3. The van der Waals surface area contributed by atoms with Crippen LogP contribution in [0, 0.1) is 0 Å². The molecule has 88 valence electrons. The molecule has 1 heterocycles. The lowest BCUT2D eigenvalue weighted by molar-refractivity contribution is 0.0711. The van der Waals surface area contributed by atoms with Gasteiger partial charge in [0.25, 0.3) is 5.91 Å². The Hall–Kier alpha value is -0.870. The van der Waals surface area contributed by atoms with Crippen molar-refractivity contribution in [3.05, 3.63) is 21.9 Å². The maximum absolute atomic E-state index is 12.3. The summed E-state index contributed by atoms with van der Waals surface area (Å²) in [5.74, 6) is 0.100. The third-order valence-corrected chi connectivity index (χ3v) is 3.86. The van der Waals surface area contributed by atoms with Crippen molar-refractivity contribution in [3.8, 4) is 0 Å². The summed E-state index contributed by atoms with van der Waals surface area (Å²) in [5, 5.41) is 11.0. The van der Waals surface area contributed by atoms with Crippen LogP contribution in [0.25, 0.3) is 0 Å². The molecular weight excluding hydrogens is 222 g/mol. The first-order valence-corrected chi connectivity index (χ1v) is 6.64. The van der Waals surface area contributed by atoms with Gasteiger partial charge in [-0.05, 0) is 36.3 Å². The second-order valence-electron chi connectivity index (χ2n) is 4.08. The fourth-order valence-electron chi connectivity index (χ4n) is 1.88. The van der Waals surface area contributed by atoms with Gasteiger partial charge in [0.2, 0.25) is 0 Å². The molecule has 1 aromatic heterocycles. The van der Waals surface area contributed by atoms with Crippen LogP contribution in [0.15, 0.2) is 11.4 Å². The van der Waals surface area contributed by atoms with Crippen LogP contribution in [0.3, 0.4) is 0 Å². The summed E-state index contributed by atoms with van der Waals surface area (Å²) in [5.41, 5.74) is 1.12. The number of thiophene rings is 1. The van der Waals surface area contributed by atoms with Crippen molar-refractivity contribution >= 4 is 17.2 Å². The molecule has 2 rings (SSSR count). The SMILES string of the molecule is CCc1ccsc1C(=O)N(CCO)C1CC1. The van der Waals surface area contributed by atoms with Crippen LogP contribution in [-0.4, -0.2) is 35.1 Å². The number of amides is 1. The van der Waals surface area contributed by atoms with Crippen LogP contribution in [-0.2, 0) is 6.42 Å². The zero-order chi connectivity index (χ0) is 11.5. The highest BCUT2D eigenvalue weighted by Crippen LogP contribution is 2.30. The zero-order valence-electron chi connectivity index (χ0n) is 9.48. The van der Waals surface area contributed by atoms with E-state index in [0.717, 1.165) is 29.7 Å². The second-order valence-corrected chi connectivity index (χ2v) is 5.00. The van der Waals surface area contributed by atoms with E-state index in [2.05, 4.69) is 6.92 Å². The first-order valence-electron chi connectivity index (χ1n) is 5.76. The van der Waals surface area contributed by atoms with E-state index in [4.69, 9.17) is 5.11 Å². The van der Waals surface area contributed by atoms with E-state index in [9.17, 15) is 4.79 Å². The maximum Gasteiger partial charge on any atom is 0.264 e. The minimum Gasteiger partial charge on any atom is -0.395 e. The number of aryl methyl sites for hydroxylation is 1. The van der Waals surface area contributed by atoms with Gasteiger partial charge in [-0.25, -0.2) is 0 Å². The Balaban J connectivity index is 2.15. The average Bonchev–Trinajstić information content (AvgIpc) is 3.01. The van der Waals surface area contributed by atoms with Crippen LogP contribution in [0.2, 0.25) is 0 Å². The van der Waals surface area contributed by atoms with Gasteiger partial charge in [-0.2, -0.15) is 0 Å². The van der Waals surface area contributed by atoms with Gasteiger partial charge in [0.1, 0.15) is 0 Å². The number of hydrogen-bond donors (Lipinski definition) is 1. The Labute approximate surface area is 99.7 Å². The molecule has 16 heavy (non-hydrogen) atoms. The molecule has 1 aromatic rings. The highest BCUT2D eigenvalue weighted by Gasteiger charge is 2.33. The minimum absolute atomic E-state index is 0.0507. The minimum atomic E-state index is 0.0507. The summed E-state index contributed by atoms with van der Waals surface area (Å²) >= 11 is 1.51. The lowest BCUT2D eigenvalue weighted by Crippen LogP contribution is -2.35. The molecule has 1 aliphatic rings. The lowest BCUT2D eigenvalue weighted by atomic mass is 10.2. The Morgan fingerprint density at radius 3 is 2.94 bits per heavy atom. The number of nitrogens with zero attached hydrogens (tertiary/aromatic N) is 1. The molecule has 1 amide bonds. The van der Waals surface area contributed by atoms with E-state index in [1.807, 2.05) is 16.3 Å². The average molecular weight is 239 g/mol. The van der Waals surface area contributed by atoms with E-state index in [0.29, 0.717) is 12.6 Å². The summed E-state index contributed by atoms with van der Waals surface area (Å²) in [6.45, 7) is 2.58. The number of aliphatic hydroxyl groups excluding tert-OH is 1. The Bertz CT molecular complexity index is 371. The summed E-state index contributed by atoms with van der Waals surface area (Å²) in [7, 11) is 0. The second kappa shape index (κ2) is 4.97. The van der Waals surface area contributed by atoms with Crippen LogP contribution in [0.5, 0.6) is 0 Å². The third-order valence-electron chi connectivity index (χ3n) is 2.91. The molecule has 0 bridgehead atoms. The molecule has 1 fully saturated rings. The Morgan fingerprint density at radius 1 is 1.62 bits per heavy atom. The molecular formula is C12H17NO2S. The summed E-state index contributed by atoms with van der Waals surface area (Å²) < 4.78 is 0. The first kappa shape index (κ1) is 11.6. The van der Waals surface area contributed by atoms with E-state index < -0.39 is 0 Å². The van der Waals surface area contributed by atoms with Crippen molar-refractivity contribution in [1.29, 1.82) is 0 Å². The molecule has 0 saturated heterocycles. The summed E-state index contributed by atoms with van der Waals surface area (Å²) in [4.78, 5) is 15.0.